The van der Waals surface area contributed by atoms with Gasteiger partial charge in [0.25, 0.3) is 0 Å². The van der Waals surface area contributed by atoms with Crippen LogP contribution < -0.4 is 4.72 Å². The summed E-state index contributed by atoms with van der Waals surface area (Å²) in [5, 5.41) is 8.69. The Kier molecular flexibility index (Phi) is 4.05. The fourth-order valence-corrected chi connectivity index (χ4v) is 2.77. The van der Waals surface area contributed by atoms with Gasteiger partial charge in [-0.15, -0.1) is 0 Å². The molecule has 0 aliphatic rings. The lowest BCUT2D eigenvalue weighted by Gasteiger charge is -2.09. The van der Waals surface area contributed by atoms with Gasteiger partial charge in [-0.05, 0) is 31.5 Å². The topological polar surface area (TPSA) is 70.0 Å². The Morgan fingerprint density at radius 1 is 1.44 bits per heavy atom. The molecule has 5 heteroatoms. The highest BCUT2D eigenvalue weighted by Crippen LogP contribution is 2.08. The predicted molar refractivity (Wildman–Crippen MR) is 62.1 cm³/mol. The first-order chi connectivity index (χ1) is 7.43. The second-order valence-electron chi connectivity index (χ2n) is 3.84. The van der Waals surface area contributed by atoms with Crippen LogP contribution in [0.25, 0.3) is 0 Å². The summed E-state index contributed by atoms with van der Waals surface area (Å²) in [5.74, 6) is -0.0965. The van der Waals surface area contributed by atoms with Crippen molar-refractivity contribution in [1.82, 2.24) is 4.72 Å². The van der Waals surface area contributed by atoms with Gasteiger partial charge in [0.2, 0.25) is 10.0 Å². The van der Waals surface area contributed by atoms with Crippen molar-refractivity contribution in [3.8, 4) is 6.07 Å². The third-order valence-electron chi connectivity index (χ3n) is 1.83. The third kappa shape index (κ3) is 4.01. The second-order valence-corrected chi connectivity index (χ2v) is 5.60. The molecule has 0 radical (unpaired) electrons. The highest BCUT2D eigenvalue weighted by atomic mass is 32.2. The van der Waals surface area contributed by atoms with E-state index in [4.69, 9.17) is 5.26 Å². The van der Waals surface area contributed by atoms with Crippen LogP contribution >= 0.6 is 0 Å². The summed E-state index contributed by atoms with van der Waals surface area (Å²) in [6.07, 6.45) is 0. The second kappa shape index (κ2) is 5.10. The van der Waals surface area contributed by atoms with E-state index in [0.717, 1.165) is 0 Å². The van der Waals surface area contributed by atoms with Crippen molar-refractivity contribution in [2.45, 2.75) is 25.6 Å². The van der Waals surface area contributed by atoms with Crippen LogP contribution in [-0.4, -0.2) is 14.5 Å². The number of benzene rings is 1. The molecule has 0 amide bonds. The van der Waals surface area contributed by atoms with Gasteiger partial charge >= 0.3 is 0 Å². The molecule has 0 heterocycles. The Balaban J connectivity index is 2.85. The van der Waals surface area contributed by atoms with E-state index in [0.29, 0.717) is 11.1 Å². The van der Waals surface area contributed by atoms with Crippen molar-refractivity contribution in [1.29, 1.82) is 5.26 Å². The van der Waals surface area contributed by atoms with Crippen molar-refractivity contribution >= 4 is 10.0 Å². The smallest absolute Gasteiger partial charge is 0.212 e. The van der Waals surface area contributed by atoms with Gasteiger partial charge in [0.1, 0.15) is 0 Å². The first kappa shape index (κ1) is 12.7. The molecule has 0 bridgehead atoms. The molecular formula is C11H14N2O2S. The molecule has 0 aromatic heterocycles. The minimum atomic E-state index is -3.32. The maximum Gasteiger partial charge on any atom is 0.216 e. The Morgan fingerprint density at radius 2 is 2.12 bits per heavy atom. The predicted octanol–water partition coefficient (Wildman–Crippen LogP) is 1.39. The summed E-state index contributed by atoms with van der Waals surface area (Å²) >= 11 is 0. The van der Waals surface area contributed by atoms with Gasteiger partial charge in [0.05, 0.1) is 17.4 Å². The normalized spacial score (nSPS) is 11.4. The lowest BCUT2D eigenvalue weighted by atomic mass is 10.2. The summed E-state index contributed by atoms with van der Waals surface area (Å²) < 4.78 is 25.7. The zero-order chi connectivity index (χ0) is 12.2. The fourth-order valence-electron chi connectivity index (χ4n) is 1.35. The molecule has 1 rings (SSSR count). The van der Waals surface area contributed by atoms with Crippen LogP contribution in [0.3, 0.4) is 0 Å². The van der Waals surface area contributed by atoms with Gasteiger partial charge in [0, 0.05) is 6.04 Å². The van der Waals surface area contributed by atoms with Gasteiger partial charge in [0.15, 0.2) is 0 Å². The first-order valence-corrected chi connectivity index (χ1v) is 6.57. The van der Waals surface area contributed by atoms with Gasteiger partial charge in [-0.1, -0.05) is 12.1 Å². The standard InChI is InChI=1S/C11H14N2O2S/c1-9(2)13-16(14,15)8-11-5-3-4-10(6-11)7-12/h3-6,9,13H,8H2,1-2H3. The Bertz CT molecular complexity index is 501. The van der Waals surface area contributed by atoms with Gasteiger partial charge < -0.3 is 0 Å². The molecule has 1 aromatic rings. The monoisotopic (exact) mass is 238 g/mol. The molecule has 1 N–H and O–H groups in total. The van der Waals surface area contributed by atoms with E-state index >= 15 is 0 Å². The number of hydrogen-bond donors (Lipinski definition) is 1. The quantitative estimate of drug-likeness (QED) is 0.861. The average Bonchev–Trinajstić information content (AvgIpc) is 2.15. The Labute approximate surface area is 96.0 Å². The Hall–Kier alpha value is -1.38. The van der Waals surface area contributed by atoms with E-state index < -0.39 is 10.0 Å². The van der Waals surface area contributed by atoms with E-state index in [2.05, 4.69) is 4.72 Å². The first-order valence-electron chi connectivity index (χ1n) is 4.92. The summed E-state index contributed by atoms with van der Waals surface area (Å²) in [5.41, 5.74) is 1.09. The van der Waals surface area contributed by atoms with Gasteiger partial charge in [-0.3, -0.25) is 0 Å². The van der Waals surface area contributed by atoms with E-state index in [1.54, 1.807) is 38.1 Å². The van der Waals surface area contributed by atoms with E-state index in [9.17, 15) is 8.42 Å². The average molecular weight is 238 g/mol. The van der Waals surface area contributed by atoms with Crippen LogP contribution in [0.4, 0.5) is 0 Å². The molecule has 0 aliphatic heterocycles. The number of nitriles is 1. The van der Waals surface area contributed by atoms with Crippen molar-refractivity contribution in [3.05, 3.63) is 35.4 Å². The number of sulfonamides is 1. The molecule has 0 saturated heterocycles. The number of nitrogens with one attached hydrogen (secondary N) is 1. The van der Waals surface area contributed by atoms with Crippen molar-refractivity contribution in [2.24, 2.45) is 0 Å². The molecule has 0 unspecified atom stereocenters. The highest BCUT2D eigenvalue weighted by Gasteiger charge is 2.12. The molecule has 0 atom stereocenters. The lowest BCUT2D eigenvalue weighted by Crippen LogP contribution is -2.31. The van der Waals surface area contributed by atoms with Crippen LogP contribution in [0, 0.1) is 11.3 Å². The molecule has 1 aromatic carbocycles. The Morgan fingerprint density at radius 3 is 2.69 bits per heavy atom. The maximum absolute atomic E-state index is 11.6. The van der Waals surface area contributed by atoms with Crippen LogP contribution in [0.1, 0.15) is 25.0 Å². The van der Waals surface area contributed by atoms with Gasteiger partial charge in [-0.2, -0.15) is 5.26 Å². The minimum absolute atomic E-state index is 0.0965. The van der Waals surface area contributed by atoms with Crippen molar-refractivity contribution in [2.75, 3.05) is 0 Å². The van der Waals surface area contributed by atoms with Crippen LogP contribution in [0.15, 0.2) is 24.3 Å². The summed E-state index contributed by atoms with van der Waals surface area (Å²) in [7, 11) is -3.32. The number of hydrogen-bond acceptors (Lipinski definition) is 3. The molecular weight excluding hydrogens is 224 g/mol. The molecule has 16 heavy (non-hydrogen) atoms. The number of nitrogens with zero attached hydrogens (tertiary/aromatic N) is 1. The van der Waals surface area contributed by atoms with E-state index in [1.807, 2.05) is 6.07 Å². The number of rotatable bonds is 4. The van der Waals surface area contributed by atoms with Crippen LogP contribution in [-0.2, 0) is 15.8 Å². The summed E-state index contributed by atoms with van der Waals surface area (Å²) in [6, 6.07) is 8.46. The largest absolute Gasteiger partial charge is 0.216 e. The zero-order valence-electron chi connectivity index (χ0n) is 9.27. The lowest BCUT2D eigenvalue weighted by molar-refractivity contribution is 0.569. The van der Waals surface area contributed by atoms with Crippen LogP contribution in [0.2, 0.25) is 0 Å². The molecule has 0 fully saturated rings. The van der Waals surface area contributed by atoms with Crippen LogP contribution in [0.5, 0.6) is 0 Å². The van der Waals surface area contributed by atoms with E-state index in [-0.39, 0.29) is 11.8 Å². The molecule has 0 saturated carbocycles. The third-order valence-corrected chi connectivity index (χ3v) is 3.37. The SMILES string of the molecule is CC(C)NS(=O)(=O)Cc1cccc(C#N)c1. The van der Waals surface area contributed by atoms with Crippen molar-refractivity contribution in [3.63, 3.8) is 0 Å². The molecule has 0 aliphatic carbocycles. The van der Waals surface area contributed by atoms with Gasteiger partial charge in [-0.25, -0.2) is 13.1 Å². The fraction of sp³-hybridized carbons (Fsp3) is 0.364. The molecule has 86 valence electrons. The maximum atomic E-state index is 11.6. The minimum Gasteiger partial charge on any atom is -0.212 e. The van der Waals surface area contributed by atoms with E-state index in [1.165, 1.54) is 0 Å². The highest BCUT2D eigenvalue weighted by molar-refractivity contribution is 7.88. The summed E-state index contributed by atoms with van der Waals surface area (Å²) in [4.78, 5) is 0. The zero-order valence-corrected chi connectivity index (χ0v) is 10.1. The summed E-state index contributed by atoms with van der Waals surface area (Å²) in [6.45, 7) is 3.53. The molecule has 4 nitrogen and oxygen atoms in total. The molecule has 0 spiro atoms. The van der Waals surface area contributed by atoms with Crippen molar-refractivity contribution < 1.29 is 8.42 Å².